The molecular weight excluding hydrogens is 642 g/mol. The lowest BCUT2D eigenvalue weighted by Crippen LogP contribution is -2.48. The van der Waals surface area contributed by atoms with Gasteiger partial charge in [0.1, 0.15) is 28.1 Å². The summed E-state index contributed by atoms with van der Waals surface area (Å²) in [6.07, 6.45) is 5.51. The Morgan fingerprint density at radius 3 is 2.08 bits per heavy atom. The number of hydrogen-bond acceptors (Lipinski definition) is 6. The number of carbonyl (C=O) groups is 4. The smallest absolute Gasteiger partial charge is 0.326 e. The fourth-order valence-electron chi connectivity index (χ4n) is 7.32. The van der Waals surface area contributed by atoms with Crippen molar-refractivity contribution in [1.29, 1.82) is 0 Å². The quantitative estimate of drug-likeness (QED) is 0.225. The Bertz CT molecular complexity index is 1740. The molecule has 3 atom stereocenters. The average Bonchev–Trinajstić information content (AvgIpc) is 3.67. The Morgan fingerprint density at radius 1 is 0.898 bits per heavy atom. The largest absolute Gasteiger partial charge is 0.480 e. The molecule has 1 heterocycles. The molecule has 260 valence electrons. The first-order valence-electron chi connectivity index (χ1n) is 16.9. The van der Waals surface area contributed by atoms with Crippen molar-refractivity contribution in [3.8, 4) is 0 Å². The molecule has 1 aliphatic heterocycles. The van der Waals surface area contributed by atoms with Crippen LogP contribution < -0.4 is 10.2 Å². The molecule has 1 aliphatic carbocycles. The molecule has 0 spiro atoms. The number of benzene rings is 3. The van der Waals surface area contributed by atoms with Crippen LogP contribution in [0.15, 0.2) is 84.9 Å². The van der Waals surface area contributed by atoms with Crippen LogP contribution in [0.25, 0.3) is 0 Å². The minimum absolute atomic E-state index is 0.0395. The van der Waals surface area contributed by atoms with Crippen LogP contribution in [0.1, 0.15) is 74.7 Å². The molecule has 0 radical (unpaired) electrons. The summed E-state index contributed by atoms with van der Waals surface area (Å²) >= 11 is 0. The van der Waals surface area contributed by atoms with E-state index in [9.17, 15) is 32.7 Å². The molecule has 49 heavy (non-hydrogen) atoms. The number of aliphatic carboxylic acids is 1. The minimum Gasteiger partial charge on any atom is -0.480 e. The van der Waals surface area contributed by atoms with Crippen LogP contribution in [0.3, 0.4) is 0 Å². The standard InChI is InChI=1S/C38H45N3O7S/c1-27(42)40-33(26-28-13-5-3-6-14-28)35(43)41(34(40)30-15-7-4-8-16-30)31-19-17-29(18-20-31)25-32(36(44)45)39-37(46)38(21-9-10-22-38)23-11-12-24-49(2,47)48/h3-8,13-20,32-34H,9-12,21-26H2,1-2H3,(H,39,46)(H,44,45). The van der Waals surface area contributed by atoms with Crippen LogP contribution in [-0.2, 0) is 41.9 Å². The van der Waals surface area contributed by atoms with Gasteiger partial charge in [0.15, 0.2) is 0 Å². The number of hydrogen-bond donors (Lipinski definition) is 2. The van der Waals surface area contributed by atoms with E-state index < -0.39 is 39.5 Å². The number of amides is 3. The van der Waals surface area contributed by atoms with Gasteiger partial charge >= 0.3 is 5.97 Å². The van der Waals surface area contributed by atoms with Crippen molar-refractivity contribution >= 4 is 39.2 Å². The van der Waals surface area contributed by atoms with Crippen molar-refractivity contribution in [2.45, 2.75) is 83.0 Å². The lowest BCUT2D eigenvalue weighted by molar-refractivity contribution is -0.144. The molecule has 11 heteroatoms. The molecule has 3 aromatic carbocycles. The van der Waals surface area contributed by atoms with E-state index in [4.69, 9.17) is 0 Å². The van der Waals surface area contributed by atoms with E-state index in [1.54, 1.807) is 34.1 Å². The lowest BCUT2D eigenvalue weighted by atomic mass is 9.80. The van der Waals surface area contributed by atoms with Crippen LogP contribution in [0.2, 0.25) is 0 Å². The Hall–Kier alpha value is -4.51. The van der Waals surface area contributed by atoms with Crippen LogP contribution in [-0.4, -0.2) is 66.2 Å². The van der Waals surface area contributed by atoms with Crippen molar-refractivity contribution < 1.29 is 32.7 Å². The second-order valence-electron chi connectivity index (χ2n) is 13.4. The van der Waals surface area contributed by atoms with Crippen molar-refractivity contribution in [3.63, 3.8) is 0 Å². The molecule has 2 N–H and O–H groups in total. The molecule has 3 amide bonds. The molecule has 2 fully saturated rings. The first-order chi connectivity index (χ1) is 23.4. The third-order valence-corrected chi connectivity index (χ3v) is 10.9. The van der Waals surface area contributed by atoms with E-state index in [-0.39, 0.29) is 29.9 Å². The first-order valence-corrected chi connectivity index (χ1v) is 19.0. The molecule has 0 bridgehead atoms. The number of carbonyl (C=O) groups excluding carboxylic acids is 3. The van der Waals surface area contributed by atoms with Crippen LogP contribution in [0.4, 0.5) is 5.69 Å². The van der Waals surface area contributed by atoms with Crippen LogP contribution >= 0.6 is 0 Å². The highest BCUT2D eigenvalue weighted by atomic mass is 32.2. The summed E-state index contributed by atoms with van der Waals surface area (Å²) in [6, 6.07) is 24.1. The van der Waals surface area contributed by atoms with Gasteiger partial charge in [0, 0.05) is 42.9 Å². The second kappa shape index (κ2) is 15.4. The molecule has 3 aromatic rings. The monoisotopic (exact) mass is 687 g/mol. The van der Waals surface area contributed by atoms with Gasteiger partial charge in [0.2, 0.25) is 11.8 Å². The van der Waals surface area contributed by atoms with Crippen LogP contribution in [0, 0.1) is 5.41 Å². The highest BCUT2D eigenvalue weighted by Crippen LogP contribution is 2.43. The fraction of sp³-hybridized carbons (Fsp3) is 0.421. The topological polar surface area (TPSA) is 141 Å². The summed E-state index contributed by atoms with van der Waals surface area (Å²) in [5.74, 6) is -1.82. The number of unbranched alkanes of at least 4 members (excludes halogenated alkanes) is 1. The summed E-state index contributed by atoms with van der Waals surface area (Å²) in [4.78, 5) is 56.5. The average molecular weight is 688 g/mol. The maximum atomic E-state index is 14.2. The van der Waals surface area contributed by atoms with Crippen LogP contribution in [0.5, 0.6) is 0 Å². The maximum Gasteiger partial charge on any atom is 0.326 e. The molecule has 10 nitrogen and oxygen atoms in total. The normalized spacial score (nSPS) is 19.5. The van der Waals surface area contributed by atoms with Gasteiger partial charge in [-0.15, -0.1) is 0 Å². The summed E-state index contributed by atoms with van der Waals surface area (Å²) in [7, 11) is -3.09. The minimum atomic E-state index is -3.09. The van der Waals surface area contributed by atoms with Crippen molar-refractivity contribution in [2.75, 3.05) is 16.9 Å². The molecule has 0 aromatic heterocycles. The first kappa shape index (κ1) is 35.8. The van der Waals surface area contributed by atoms with E-state index >= 15 is 0 Å². The van der Waals surface area contributed by atoms with E-state index in [2.05, 4.69) is 5.32 Å². The number of nitrogens with zero attached hydrogens (tertiary/aromatic N) is 2. The van der Waals surface area contributed by atoms with Gasteiger partial charge in [-0.2, -0.15) is 0 Å². The van der Waals surface area contributed by atoms with E-state index in [1.165, 1.54) is 13.2 Å². The van der Waals surface area contributed by atoms with Gasteiger partial charge in [0.05, 0.1) is 0 Å². The summed E-state index contributed by atoms with van der Waals surface area (Å²) in [5, 5.41) is 12.9. The van der Waals surface area contributed by atoms with Gasteiger partial charge in [0.25, 0.3) is 5.91 Å². The fourth-order valence-corrected chi connectivity index (χ4v) is 8.05. The van der Waals surface area contributed by atoms with Gasteiger partial charge in [-0.3, -0.25) is 19.3 Å². The Labute approximate surface area is 288 Å². The zero-order valence-electron chi connectivity index (χ0n) is 28.1. The zero-order chi connectivity index (χ0) is 35.2. The highest BCUT2D eigenvalue weighted by molar-refractivity contribution is 7.90. The number of carboxylic acid groups (broad SMARTS) is 1. The highest BCUT2D eigenvalue weighted by Gasteiger charge is 2.48. The predicted molar refractivity (Wildman–Crippen MR) is 187 cm³/mol. The molecule has 1 saturated carbocycles. The summed E-state index contributed by atoms with van der Waals surface area (Å²) < 4.78 is 23.1. The Balaban J connectivity index is 1.35. The van der Waals surface area contributed by atoms with Gasteiger partial charge in [-0.1, -0.05) is 92.1 Å². The zero-order valence-corrected chi connectivity index (χ0v) is 28.9. The van der Waals surface area contributed by atoms with Gasteiger partial charge in [-0.05, 0) is 54.5 Å². The molecular formula is C38H45N3O7S. The predicted octanol–water partition coefficient (Wildman–Crippen LogP) is 5.08. The van der Waals surface area contributed by atoms with E-state index in [1.807, 2.05) is 60.7 Å². The maximum absolute atomic E-state index is 14.2. The van der Waals surface area contributed by atoms with E-state index in [0.717, 1.165) is 24.0 Å². The van der Waals surface area contributed by atoms with Gasteiger partial charge < -0.3 is 15.3 Å². The van der Waals surface area contributed by atoms with Gasteiger partial charge in [-0.25, -0.2) is 13.2 Å². The molecule has 5 rings (SSSR count). The van der Waals surface area contributed by atoms with Crippen molar-refractivity contribution in [3.05, 3.63) is 102 Å². The number of anilines is 1. The van der Waals surface area contributed by atoms with Crippen molar-refractivity contribution in [1.82, 2.24) is 10.2 Å². The number of sulfone groups is 1. The Kier molecular flexibility index (Phi) is 11.2. The third-order valence-electron chi connectivity index (χ3n) is 9.82. The SMILES string of the molecule is CC(=O)N1C(Cc2ccccc2)C(=O)N(c2ccc(CC(NC(=O)C3(CCCCS(C)(=O)=O)CCCC3)C(=O)O)cc2)C1c1ccccc1. The number of carboxylic acids is 1. The summed E-state index contributed by atoms with van der Waals surface area (Å²) in [6.45, 7) is 1.47. The molecule has 3 unspecified atom stereocenters. The lowest BCUT2D eigenvalue weighted by Gasteiger charge is -2.31. The molecule has 1 saturated heterocycles. The molecule has 2 aliphatic rings. The number of rotatable bonds is 14. The number of nitrogens with one attached hydrogen (secondary N) is 1. The summed E-state index contributed by atoms with van der Waals surface area (Å²) in [5.41, 5.74) is 2.26. The Morgan fingerprint density at radius 2 is 1.51 bits per heavy atom. The van der Waals surface area contributed by atoms with Crippen molar-refractivity contribution in [2.24, 2.45) is 5.41 Å². The van der Waals surface area contributed by atoms with E-state index in [0.29, 0.717) is 49.8 Å². The second-order valence-corrected chi connectivity index (χ2v) is 15.7. The third kappa shape index (κ3) is 8.57.